The van der Waals surface area contributed by atoms with Gasteiger partial charge in [0.25, 0.3) is 0 Å². The third kappa shape index (κ3) is 7.19. The van der Waals surface area contributed by atoms with Gasteiger partial charge in [0.05, 0.1) is 0 Å². The van der Waals surface area contributed by atoms with E-state index in [4.69, 9.17) is 18.9 Å². The Morgan fingerprint density at radius 2 is 1.60 bits per heavy atom. The van der Waals surface area contributed by atoms with Gasteiger partial charge in [-0.3, -0.25) is 23.7 Å². The predicted octanol–water partition coefficient (Wildman–Crippen LogP) is 2.81. The van der Waals surface area contributed by atoms with Crippen molar-refractivity contribution < 1.29 is 38.1 Å². The minimum atomic E-state index is -1.15. The summed E-state index contributed by atoms with van der Waals surface area (Å²) in [6.45, 7) is 4.73. The molecule has 216 valence electrons. The van der Waals surface area contributed by atoms with Crippen LogP contribution < -0.4 is 5.32 Å². The summed E-state index contributed by atoms with van der Waals surface area (Å²) in [7, 11) is 0. The van der Waals surface area contributed by atoms with Crippen LogP contribution in [-0.2, 0) is 38.1 Å². The number of aromatic nitrogens is 3. The van der Waals surface area contributed by atoms with Gasteiger partial charge in [0.15, 0.2) is 23.2 Å². The molecule has 13 heteroatoms. The molecule has 40 heavy (non-hydrogen) atoms. The first-order valence-electron chi connectivity index (χ1n) is 13.2. The fourth-order valence-electron chi connectivity index (χ4n) is 5.13. The molecule has 2 heterocycles. The van der Waals surface area contributed by atoms with E-state index in [-0.39, 0.29) is 12.6 Å². The summed E-state index contributed by atoms with van der Waals surface area (Å²) < 4.78 is 24.8. The molecular formula is C27H34N4O8S. The number of carbonyl (C=O) groups is 4. The maximum atomic E-state index is 12.3. The number of rotatable bonds is 9. The first-order chi connectivity index (χ1) is 19.1. The number of nitrogens with one attached hydrogen (secondary N) is 1. The zero-order valence-corrected chi connectivity index (χ0v) is 23.7. The molecule has 1 aromatic heterocycles. The Balaban J connectivity index is 1.75. The van der Waals surface area contributed by atoms with Crippen molar-refractivity contribution in [3.8, 4) is 11.4 Å². The van der Waals surface area contributed by atoms with E-state index in [1.165, 1.54) is 39.5 Å². The first-order valence-corrected chi connectivity index (χ1v) is 14.1. The molecular weight excluding hydrogens is 540 g/mol. The number of ether oxygens (including phenoxy) is 4. The van der Waals surface area contributed by atoms with Gasteiger partial charge in [-0.05, 0) is 12.8 Å². The fourth-order valence-corrected chi connectivity index (χ4v) is 6.34. The van der Waals surface area contributed by atoms with Gasteiger partial charge in [-0.2, -0.15) is 0 Å². The Hall–Kier alpha value is -3.45. The Morgan fingerprint density at radius 1 is 0.950 bits per heavy atom. The second-order valence-corrected chi connectivity index (χ2v) is 10.9. The molecule has 1 aromatic carbocycles. The standard InChI is InChI=1S/C27H34N4O8S/c1-15(32)28-22-24(38-18(4)35)23(37-17(3)34)21(14-36-16(2)33)39-26(22)40-27-30-29-25(19-10-6-5-7-11-19)31(27)20-12-8-9-13-20/h5-7,10-11,20-24,26H,8-9,12-14H2,1-4H3,(H,28,32)/t21-,22+,23-,24-,26+/m1/s1. The summed E-state index contributed by atoms with van der Waals surface area (Å²) in [5.74, 6) is -1.54. The lowest BCUT2D eigenvalue weighted by Gasteiger charge is -2.44. The van der Waals surface area contributed by atoms with Crippen LogP contribution in [0.2, 0.25) is 0 Å². The lowest BCUT2D eigenvalue weighted by Crippen LogP contribution is -2.65. The molecule has 4 rings (SSSR count). The smallest absolute Gasteiger partial charge is 0.303 e. The predicted molar refractivity (Wildman–Crippen MR) is 143 cm³/mol. The Labute approximate surface area is 236 Å². The van der Waals surface area contributed by atoms with E-state index in [0.29, 0.717) is 11.0 Å². The summed E-state index contributed by atoms with van der Waals surface area (Å²) in [4.78, 5) is 48.1. The van der Waals surface area contributed by atoms with Gasteiger partial charge < -0.3 is 24.3 Å². The van der Waals surface area contributed by atoms with E-state index in [2.05, 4.69) is 20.1 Å². The molecule has 2 aromatic rings. The van der Waals surface area contributed by atoms with Gasteiger partial charge in [-0.25, -0.2) is 0 Å². The number of carbonyl (C=O) groups excluding carboxylic acids is 4. The minimum absolute atomic E-state index is 0.172. The number of esters is 3. The topological polar surface area (TPSA) is 148 Å². The summed E-state index contributed by atoms with van der Waals surface area (Å²) in [5.41, 5.74) is 0.0470. The van der Waals surface area contributed by atoms with Crippen LogP contribution in [0.5, 0.6) is 0 Å². The van der Waals surface area contributed by atoms with Gasteiger partial charge in [-0.15, -0.1) is 10.2 Å². The molecule has 0 spiro atoms. The fraction of sp³-hybridized carbons (Fsp3) is 0.556. The van der Waals surface area contributed by atoms with Crippen LogP contribution in [0.15, 0.2) is 35.5 Å². The molecule has 1 saturated heterocycles. The highest BCUT2D eigenvalue weighted by Gasteiger charge is 2.51. The van der Waals surface area contributed by atoms with Crippen LogP contribution in [0.1, 0.15) is 59.4 Å². The molecule has 1 N–H and O–H groups in total. The van der Waals surface area contributed by atoms with Crippen LogP contribution in [0.4, 0.5) is 0 Å². The van der Waals surface area contributed by atoms with E-state index < -0.39 is 53.6 Å². The maximum Gasteiger partial charge on any atom is 0.303 e. The van der Waals surface area contributed by atoms with Crippen molar-refractivity contribution in [3.63, 3.8) is 0 Å². The quantitative estimate of drug-likeness (QED) is 0.348. The molecule has 0 radical (unpaired) electrons. The van der Waals surface area contributed by atoms with Gasteiger partial charge in [-0.1, -0.05) is 54.9 Å². The third-order valence-electron chi connectivity index (χ3n) is 6.68. The van der Waals surface area contributed by atoms with Crippen LogP contribution in [0.3, 0.4) is 0 Å². The highest BCUT2D eigenvalue weighted by molar-refractivity contribution is 7.99. The van der Waals surface area contributed by atoms with E-state index in [9.17, 15) is 19.2 Å². The van der Waals surface area contributed by atoms with Crippen molar-refractivity contribution >= 4 is 35.6 Å². The molecule has 0 bridgehead atoms. The number of hydrogen-bond acceptors (Lipinski definition) is 11. The second kappa shape index (κ2) is 13.3. The van der Waals surface area contributed by atoms with Gasteiger partial charge in [0.2, 0.25) is 5.91 Å². The van der Waals surface area contributed by atoms with Crippen LogP contribution in [-0.4, -0.2) is 75.0 Å². The molecule has 1 amide bonds. The van der Waals surface area contributed by atoms with Crippen molar-refractivity contribution in [1.82, 2.24) is 20.1 Å². The van der Waals surface area contributed by atoms with Crippen molar-refractivity contribution in [2.75, 3.05) is 6.61 Å². The van der Waals surface area contributed by atoms with Crippen molar-refractivity contribution in [1.29, 1.82) is 0 Å². The number of thioether (sulfide) groups is 1. The van der Waals surface area contributed by atoms with E-state index in [1.807, 2.05) is 30.3 Å². The first kappa shape index (κ1) is 29.5. The molecule has 1 aliphatic carbocycles. The Kier molecular flexibility index (Phi) is 9.80. The van der Waals surface area contributed by atoms with Gasteiger partial charge >= 0.3 is 17.9 Å². The summed E-state index contributed by atoms with van der Waals surface area (Å²) in [5, 5.41) is 12.4. The number of amides is 1. The lowest BCUT2D eigenvalue weighted by molar-refractivity contribution is -0.211. The summed E-state index contributed by atoms with van der Waals surface area (Å²) in [6.07, 6.45) is 0.821. The van der Waals surface area contributed by atoms with E-state index in [0.717, 1.165) is 31.2 Å². The zero-order chi connectivity index (χ0) is 28.8. The molecule has 12 nitrogen and oxygen atoms in total. The SMILES string of the molecule is CC(=O)N[C@H]1[C@@H](OC(C)=O)[C@H](OC(C)=O)[C@@H](COC(C)=O)O[C@H]1Sc1nnc(-c2ccccc2)n1C1CCCC1. The van der Waals surface area contributed by atoms with Crippen molar-refractivity contribution in [2.45, 2.75) is 94.4 Å². The van der Waals surface area contributed by atoms with E-state index >= 15 is 0 Å². The molecule has 2 fully saturated rings. The zero-order valence-electron chi connectivity index (χ0n) is 22.9. The second-order valence-electron chi connectivity index (χ2n) is 9.82. The van der Waals surface area contributed by atoms with Gasteiger partial charge in [0.1, 0.15) is 24.2 Å². The molecule has 1 saturated carbocycles. The minimum Gasteiger partial charge on any atom is -0.463 e. The highest BCUT2D eigenvalue weighted by atomic mass is 32.2. The Bertz CT molecular complexity index is 1220. The number of nitrogens with zero attached hydrogens (tertiary/aromatic N) is 3. The molecule has 2 aliphatic rings. The third-order valence-corrected chi connectivity index (χ3v) is 7.80. The highest BCUT2D eigenvalue weighted by Crippen LogP contribution is 2.40. The monoisotopic (exact) mass is 574 g/mol. The lowest BCUT2D eigenvalue weighted by atomic mass is 9.97. The normalized spacial score (nSPS) is 24.8. The molecule has 5 atom stereocenters. The van der Waals surface area contributed by atoms with Gasteiger partial charge in [0, 0.05) is 39.3 Å². The van der Waals surface area contributed by atoms with Crippen LogP contribution in [0.25, 0.3) is 11.4 Å². The summed E-state index contributed by atoms with van der Waals surface area (Å²) in [6, 6.07) is 8.98. The van der Waals surface area contributed by atoms with Crippen molar-refractivity contribution in [3.05, 3.63) is 30.3 Å². The van der Waals surface area contributed by atoms with Crippen LogP contribution in [0, 0.1) is 0 Å². The van der Waals surface area contributed by atoms with Crippen molar-refractivity contribution in [2.24, 2.45) is 0 Å². The number of benzene rings is 1. The molecule has 0 unspecified atom stereocenters. The summed E-state index contributed by atoms with van der Waals surface area (Å²) >= 11 is 1.21. The Morgan fingerprint density at radius 3 is 2.20 bits per heavy atom. The van der Waals surface area contributed by atoms with E-state index in [1.54, 1.807) is 0 Å². The average Bonchev–Trinajstić information content (AvgIpc) is 3.56. The number of hydrogen-bond donors (Lipinski definition) is 1. The van der Waals surface area contributed by atoms with Crippen LogP contribution >= 0.6 is 11.8 Å². The average molecular weight is 575 g/mol. The maximum absolute atomic E-state index is 12.3. The largest absolute Gasteiger partial charge is 0.463 e. The molecule has 1 aliphatic heterocycles.